The molecule has 0 N–H and O–H groups in total. The molecule has 2 aromatic rings. The van der Waals surface area contributed by atoms with E-state index in [1.54, 1.807) is 0 Å². The van der Waals surface area contributed by atoms with Gasteiger partial charge in [0.2, 0.25) is 11.8 Å². The van der Waals surface area contributed by atoms with Gasteiger partial charge < -0.3 is 14.2 Å². The van der Waals surface area contributed by atoms with Crippen LogP contribution in [0.1, 0.15) is 46.5 Å². The van der Waals surface area contributed by atoms with Crippen LogP contribution in [0.2, 0.25) is 0 Å². The van der Waals surface area contributed by atoms with E-state index >= 15 is 0 Å². The zero-order chi connectivity index (χ0) is 20.8. The summed E-state index contributed by atoms with van der Waals surface area (Å²) < 4.78 is 5.77. The molecule has 1 heterocycles. The van der Waals surface area contributed by atoms with Crippen molar-refractivity contribution in [2.75, 3.05) is 30.8 Å². The SMILES string of the molecule is CCN(CC)c1ccc(-c2nnc(SCC(=O)N(C)C3CCC(C)CC3)o2)cc1. The third-order valence-corrected chi connectivity index (χ3v) is 6.70. The van der Waals surface area contributed by atoms with Crippen LogP contribution in [-0.2, 0) is 4.79 Å². The van der Waals surface area contributed by atoms with E-state index in [4.69, 9.17) is 4.42 Å². The number of carbonyl (C=O) groups is 1. The fourth-order valence-corrected chi connectivity index (χ4v) is 4.53. The number of anilines is 1. The molecule has 6 nitrogen and oxygen atoms in total. The van der Waals surface area contributed by atoms with E-state index in [1.807, 2.05) is 24.1 Å². The average molecular weight is 417 g/mol. The second-order valence-electron chi connectivity index (χ2n) is 7.80. The third-order valence-electron chi connectivity index (χ3n) is 5.89. The Morgan fingerprint density at radius 3 is 2.38 bits per heavy atom. The van der Waals surface area contributed by atoms with Gasteiger partial charge in [0.15, 0.2) is 0 Å². The first-order valence-electron chi connectivity index (χ1n) is 10.6. The van der Waals surface area contributed by atoms with Crippen molar-refractivity contribution in [1.29, 1.82) is 0 Å². The third kappa shape index (κ3) is 5.53. The number of thioether (sulfide) groups is 1. The normalized spacial score (nSPS) is 19.2. The molecule has 1 aromatic carbocycles. The summed E-state index contributed by atoms with van der Waals surface area (Å²) in [6.45, 7) is 8.52. The van der Waals surface area contributed by atoms with Gasteiger partial charge in [0.1, 0.15) is 0 Å². The van der Waals surface area contributed by atoms with Crippen molar-refractivity contribution in [2.45, 2.75) is 57.7 Å². The number of hydrogen-bond acceptors (Lipinski definition) is 6. The van der Waals surface area contributed by atoms with Gasteiger partial charge in [-0.25, -0.2) is 0 Å². The molecule has 0 radical (unpaired) electrons. The first-order chi connectivity index (χ1) is 14.0. The highest BCUT2D eigenvalue weighted by atomic mass is 32.2. The van der Waals surface area contributed by atoms with Gasteiger partial charge in [0.05, 0.1) is 5.75 Å². The first-order valence-corrected chi connectivity index (χ1v) is 11.6. The molecule has 0 unspecified atom stereocenters. The molecule has 1 fully saturated rings. The van der Waals surface area contributed by atoms with Gasteiger partial charge in [0.25, 0.3) is 5.22 Å². The Morgan fingerprint density at radius 1 is 1.10 bits per heavy atom. The summed E-state index contributed by atoms with van der Waals surface area (Å²) in [5.41, 5.74) is 2.07. The summed E-state index contributed by atoms with van der Waals surface area (Å²) in [5, 5.41) is 8.68. The lowest BCUT2D eigenvalue weighted by molar-refractivity contribution is -0.129. The van der Waals surface area contributed by atoms with Gasteiger partial charge in [-0.05, 0) is 69.7 Å². The fraction of sp³-hybridized carbons (Fsp3) is 0.591. The fourth-order valence-electron chi connectivity index (χ4n) is 3.85. The number of carbonyl (C=O) groups excluding carboxylic acids is 1. The minimum atomic E-state index is 0.123. The van der Waals surface area contributed by atoms with Crippen LogP contribution in [0.3, 0.4) is 0 Å². The van der Waals surface area contributed by atoms with Gasteiger partial charge in [-0.2, -0.15) is 0 Å². The van der Waals surface area contributed by atoms with E-state index in [2.05, 4.69) is 48.0 Å². The Balaban J connectivity index is 1.54. The summed E-state index contributed by atoms with van der Waals surface area (Å²) in [6, 6.07) is 8.50. The van der Waals surface area contributed by atoms with Crippen LogP contribution in [0.4, 0.5) is 5.69 Å². The predicted octanol–water partition coefficient (Wildman–Crippen LogP) is 4.71. The van der Waals surface area contributed by atoms with Crippen LogP contribution >= 0.6 is 11.8 Å². The second-order valence-corrected chi connectivity index (χ2v) is 8.73. The zero-order valence-corrected chi connectivity index (χ0v) is 18.7. The molecule has 7 heteroatoms. The van der Waals surface area contributed by atoms with Crippen molar-refractivity contribution in [3.63, 3.8) is 0 Å². The second kappa shape index (κ2) is 10.1. The van der Waals surface area contributed by atoms with Crippen molar-refractivity contribution in [1.82, 2.24) is 15.1 Å². The number of benzene rings is 1. The Morgan fingerprint density at radius 2 is 1.76 bits per heavy atom. The first kappa shape index (κ1) is 21.7. The van der Waals surface area contributed by atoms with E-state index < -0.39 is 0 Å². The molecule has 1 aliphatic rings. The highest BCUT2D eigenvalue weighted by molar-refractivity contribution is 7.99. The highest BCUT2D eigenvalue weighted by Gasteiger charge is 2.25. The minimum Gasteiger partial charge on any atom is -0.411 e. The number of nitrogens with zero attached hydrogens (tertiary/aromatic N) is 4. The quantitative estimate of drug-likeness (QED) is 0.581. The van der Waals surface area contributed by atoms with Gasteiger partial charge in [-0.15, -0.1) is 10.2 Å². The maximum Gasteiger partial charge on any atom is 0.277 e. The predicted molar refractivity (Wildman–Crippen MR) is 118 cm³/mol. The molecule has 0 saturated heterocycles. The smallest absolute Gasteiger partial charge is 0.277 e. The number of amides is 1. The van der Waals surface area contributed by atoms with Crippen molar-refractivity contribution < 1.29 is 9.21 Å². The minimum absolute atomic E-state index is 0.123. The lowest BCUT2D eigenvalue weighted by atomic mass is 9.87. The summed E-state index contributed by atoms with van der Waals surface area (Å²) >= 11 is 1.31. The van der Waals surface area contributed by atoms with Gasteiger partial charge in [0, 0.05) is 37.4 Å². The molecule has 29 heavy (non-hydrogen) atoms. The molecule has 1 aromatic heterocycles. The summed E-state index contributed by atoms with van der Waals surface area (Å²) in [7, 11) is 1.92. The molecule has 1 saturated carbocycles. The monoisotopic (exact) mass is 416 g/mol. The van der Waals surface area contributed by atoms with E-state index in [9.17, 15) is 4.79 Å². The highest BCUT2D eigenvalue weighted by Crippen LogP contribution is 2.28. The molecular weight excluding hydrogens is 384 g/mol. The van der Waals surface area contributed by atoms with Crippen LogP contribution in [0.15, 0.2) is 33.9 Å². The van der Waals surface area contributed by atoms with Crippen LogP contribution in [0.5, 0.6) is 0 Å². The molecule has 0 bridgehead atoms. The Hall–Kier alpha value is -2.02. The molecule has 3 rings (SSSR count). The van der Waals surface area contributed by atoms with Gasteiger partial charge in [-0.3, -0.25) is 4.79 Å². The maximum atomic E-state index is 12.5. The lowest BCUT2D eigenvalue weighted by Gasteiger charge is -2.33. The Labute approximate surface area is 178 Å². The molecule has 1 aliphatic carbocycles. The largest absolute Gasteiger partial charge is 0.411 e. The molecule has 158 valence electrons. The van der Waals surface area contributed by atoms with E-state index in [0.717, 1.165) is 37.4 Å². The lowest BCUT2D eigenvalue weighted by Crippen LogP contribution is -2.40. The maximum absolute atomic E-state index is 12.5. The van der Waals surface area contributed by atoms with Gasteiger partial charge >= 0.3 is 0 Å². The van der Waals surface area contributed by atoms with Crippen LogP contribution in [0, 0.1) is 5.92 Å². The molecule has 1 amide bonds. The van der Waals surface area contributed by atoms with Crippen LogP contribution in [-0.4, -0.2) is 52.9 Å². The average Bonchev–Trinajstić information content (AvgIpc) is 3.22. The molecule has 0 spiro atoms. The molecule has 0 atom stereocenters. The van der Waals surface area contributed by atoms with E-state index in [-0.39, 0.29) is 5.91 Å². The summed E-state index contributed by atoms with van der Waals surface area (Å²) in [4.78, 5) is 16.7. The zero-order valence-electron chi connectivity index (χ0n) is 17.9. The summed E-state index contributed by atoms with van der Waals surface area (Å²) in [5.74, 6) is 1.71. The van der Waals surface area contributed by atoms with E-state index in [0.29, 0.717) is 22.9 Å². The topological polar surface area (TPSA) is 62.5 Å². The number of aromatic nitrogens is 2. The standard InChI is InChI=1S/C22H32N4O2S/c1-5-26(6-2)19-13-9-17(10-14-19)21-23-24-22(28-21)29-15-20(27)25(4)18-11-7-16(3)8-12-18/h9-10,13-14,16,18H,5-8,11-12,15H2,1-4H3. The summed E-state index contributed by atoms with van der Waals surface area (Å²) in [6.07, 6.45) is 4.61. The van der Waals surface area contributed by atoms with Crippen molar-refractivity contribution in [3.8, 4) is 11.5 Å². The number of rotatable bonds is 8. The van der Waals surface area contributed by atoms with Crippen molar-refractivity contribution >= 4 is 23.4 Å². The molecular formula is C22H32N4O2S. The van der Waals surface area contributed by atoms with Crippen LogP contribution < -0.4 is 4.90 Å². The Bertz CT molecular complexity index is 780. The van der Waals surface area contributed by atoms with Crippen LogP contribution in [0.25, 0.3) is 11.5 Å². The van der Waals surface area contributed by atoms with Gasteiger partial charge in [-0.1, -0.05) is 18.7 Å². The molecule has 0 aliphatic heterocycles. The van der Waals surface area contributed by atoms with Crippen molar-refractivity contribution in [2.24, 2.45) is 5.92 Å². The van der Waals surface area contributed by atoms with E-state index in [1.165, 1.54) is 30.3 Å². The number of hydrogen-bond donors (Lipinski definition) is 0. The Kier molecular flexibility index (Phi) is 7.58. The van der Waals surface area contributed by atoms with Crippen molar-refractivity contribution in [3.05, 3.63) is 24.3 Å².